The van der Waals surface area contributed by atoms with Crippen LogP contribution in [0.1, 0.15) is 316 Å². The molecule has 0 aliphatic heterocycles. The molecule has 0 aromatic rings. The average Bonchev–Trinajstić information content (AvgIpc) is 3.29. The van der Waals surface area contributed by atoms with Crippen molar-refractivity contribution in [1.82, 2.24) is 5.32 Å². The summed E-state index contributed by atoms with van der Waals surface area (Å²) in [6.45, 7) is 4.94. The lowest BCUT2D eigenvalue weighted by molar-refractivity contribution is -0.870. The van der Waals surface area contributed by atoms with Crippen LogP contribution in [0, 0.1) is 0 Å². The summed E-state index contributed by atoms with van der Waals surface area (Å²) in [7, 11) is 1.64. The molecule has 0 saturated heterocycles. The van der Waals surface area contributed by atoms with E-state index in [9.17, 15) is 19.4 Å². The van der Waals surface area contributed by atoms with Crippen LogP contribution in [0.25, 0.3) is 0 Å². The maximum atomic E-state index is 13.0. The topological polar surface area (TPSA) is 105 Å². The molecule has 0 saturated carbocycles. The van der Waals surface area contributed by atoms with E-state index in [-0.39, 0.29) is 19.1 Å². The van der Waals surface area contributed by atoms with Crippen LogP contribution in [0.5, 0.6) is 0 Å². The third-order valence-electron chi connectivity index (χ3n) is 14.1. The van der Waals surface area contributed by atoms with Gasteiger partial charge >= 0.3 is 7.82 Å². The Morgan fingerprint density at radius 2 is 0.716 bits per heavy atom. The van der Waals surface area contributed by atoms with Crippen LogP contribution < -0.4 is 5.32 Å². The number of phosphoric acid groups is 1. The van der Waals surface area contributed by atoms with Gasteiger partial charge in [0.15, 0.2) is 0 Å². The fourth-order valence-corrected chi connectivity index (χ4v) is 10.1. The number of hydrogen-bond donors (Lipinski definition) is 3. The molecule has 0 aliphatic rings. The Kier molecular flexibility index (Phi) is 50.1. The van der Waals surface area contributed by atoms with Crippen molar-refractivity contribution < 1.29 is 32.9 Å². The molecule has 1 amide bonds. The zero-order valence-electron chi connectivity index (χ0n) is 45.9. The van der Waals surface area contributed by atoms with Crippen LogP contribution in [-0.2, 0) is 18.4 Å². The molecule has 3 unspecified atom stereocenters. The van der Waals surface area contributed by atoms with E-state index in [0.717, 1.165) is 38.5 Å². The van der Waals surface area contributed by atoms with E-state index in [1.807, 2.05) is 21.1 Å². The Morgan fingerprint density at radius 1 is 0.448 bits per heavy atom. The third-order valence-corrected chi connectivity index (χ3v) is 15.1. The molecule has 0 aromatic heterocycles. The Balaban J connectivity index is 3.96. The monoisotopic (exact) mass is 972 g/mol. The van der Waals surface area contributed by atoms with Crippen LogP contribution in [-0.4, -0.2) is 73.4 Å². The van der Waals surface area contributed by atoms with Crippen LogP contribution in [0.4, 0.5) is 0 Å². The summed E-state index contributed by atoms with van der Waals surface area (Å²) < 4.78 is 23.8. The van der Waals surface area contributed by atoms with Crippen LogP contribution in [0.15, 0.2) is 0 Å². The van der Waals surface area contributed by atoms with Gasteiger partial charge in [0.2, 0.25) is 5.91 Å². The standard InChI is InChI=1S/C58H119N2O6P/c1-6-8-10-12-14-16-18-20-22-23-24-25-26-27-28-29-30-31-32-33-34-35-36-37-38-40-42-44-46-48-50-52-58(62)59-56(55-66-67(63,64)65-54-53-60(3,4)5)57(61)51-49-47-45-43-41-39-21-19-17-15-13-11-9-7-2/h56-57,61H,6-55H2,1-5H3,(H-,59,62,63,64)/p+1. The maximum absolute atomic E-state index is 13.0. The SMILES string of the molecule is CCCCCCCCCCCCCCCCCCCCCCCCCCCCCCCCCC(=O)NC(COP(=O)(O)OCC[N+](C)(C)C)C(O)CCCCCCCCCCCCCCCC. The number of aliphatic hydroxyl groups is 1. The van der Waals surface area contributed by atoms with Gasteiger partial charge in [-0.1, -0.05) is 296 Å². The van der Waals surface area contributed by atoms with E-state index in [4.69, 9.17) is 9.05 Å². The smallest absolute Gasteiger partial charge is 0.391 e. The molecule has 67 heavy (non-hydrogen) atoms. The van der Waals surface area contributed by atoms with E-state index < -0.39 is 20.0 Å². The summed E-state index contributed by atoms with van der Waals surface area (Å²) in [5.74, 6) is -0.136. The Hall–Kier alpha value is -0.500. The van der Waals surface area contributed by atoms with Crippen molar-refractivity contribution in [3.63, 3.8) is 0 Å². The Labute approximate surface area is 419 Å². The molecule has 402 valence electrons. The number of hydrogen-bond acceptors (Lipinski definition) is 5. The van der Waals surface area contributed by atoms with Crippen molar-refractivity contribution in [2.24, 2.45) is 0 Å². The predicted octanol–water partition coefficient (Wildman–Crippen LogP) is 18.0. The quantitative estimate of drug-likeness (QED) is 0.0319. The second kappa shape index (κ2) is 50.4. The first kappa shape index (κ1) is 66.5. The summed E-state index contributed by atoms with van der Waals surface area (Å²) in [6, 6.07) is -0.754. The average molecular weight is 973 g/mol. The van der Waals surface area contributed by atoms with Crippen molar-refractivity contribution in [1.29, 1.82) is 0 Å². The molecule has 0 heterocycles. The Morgan fingerprint density at radius 3 is 1.00 bits per heavy atom. The molecular formula is C58H120N2O6P+. The van der Waals surface area contributed by atoms with E-state index >= 15 is 0 Å². The van der Waals surface area contributed by atoms with Gasteiger partial charge in [-0.15, -0.1) is 0 Å². The molecule has 0 fully saturated rings. The number of amides is 1. The molecular weight excluding hydrogens is 852 g/mol. The maximum Gasteiger partial charge on any atom is 0.472 e. The van der Waals surface area contributed by atoms with Crippen molar-refractivity contribution in [2.45, 2.75) is 328 Å². The molecule has 9 heteroatoms. The highest BCUT2D eigenvalue weighted by atomic mass is 31.2. The number of nitrogens with zero attached hydrogens (tertiary/aromatic N) is 1. The fourth-order valence-electron chi connectivity index (χ4n) is 9.40. The van der Waals surface area contributed by atoms with Crippen molar-refractivity contribution in [3.05, 3.63) is 0 Å². The first-order valence-electron chi connectivity index (χ1n) is 29.9. The summed E-state index contributed by atoms with van der Waals surface area (Å²) in [5, 5.41) is 14.0. The van der Waals surface area contributed by atoms with Crippen molar-refractivity contribution in [3.8, 4) is 0 Å². The number of quaternary nitrogens is 1. The minimum absolute atomic E-state index is 0.0790. The lowest BCUT2D eigenvalue weighted by atomic mass is 10.0. The first-order valence-corrected chi connectivity index (χ1v) is 31.4. The van der Waals surface area contributed by atoms with Gasteiger partial charge < -0.3 is 19.8 Å². The number of likely N-dealkylation sites (N-methyl/N-ethyl adjacent to an activating group) is 1. The van der Waals surface area contributed by atoms with Crippen LogP contribution in [0.2, 0.25) is 0 Å². The lowest BCUT2D eigenvalue weighted by Gasteiger charge is -2.26. The molecule has 3 atom stereocenters. The number of carbonyl (C=O) groups is 1. The van der Waals surface area contributed by atoms with Gasteiger partial charge in [0.05, 0.1) is 39.9 Å². The van der Waals surface area contributed by atoms with Gasteiger partial charge in [-0.3, -0.25) is 13.8 Å². The number of nitrogens with one attached hydrogen (secondary N) is 1. The molecule has 8 nitrogen and oxygen atoms in total. The van der Waals surface area contributed by atoms with Gasteiger partial charge in [-0.2, -0.15) is 0 Å². The van der Waals surface area contributed by atoms with Crippen molar-refractivity contribution in [2.75, 3.05) is 40.9 Å². The number of rotatable bonds is 56. The molecule has 0 radical (unpaired) electrons. The number of phosphoric ester groups is 1. The Bertz CT molecular complexity index is 1060. The number of carbonyl (C=O) groups excluding carboxylic acids is 1. The number of aliphatic hydroxyl groups excluding tert-OH is 1. The fraction of sp³-hybridized carbons (Fsp3) is 0.983. The molecule has 0 aromatic carbocycles. The summed E-state index contributed by atoms with van der Waals surface area (Å²) >= 11 is 0. The predicted molar refractivity (Wildman–Crippen MR) is 291 cm³/mol. The van der Waals surface area contributed by atoms with Gasteiger partial charge in [0.25, 0.3) is 0 Å². The van der Waals surface area contributed by atoms with E-state index in [2.05, 4.69) is 19.2 Å². The van der Waals surface area contributed by atoms with Gasteiger partial charge in [0.1, 0.15) is 13.2 Å². The highest BCUT2D eigenvalue weighted by Crippen LogP contribution is 2.43. The lowest BCUT2D eigenvalue weighted by Crippen LogP contribution is -2.46. The summed E-state index contributed by atoms with van der Waals surface area (Å²) in [6.07, 6.45) is 60.3. The molecule has 0 spiro atoms. The first-order chi connectivity index (χ1) is 32.5. The van der Waals surface area contributed by atoms with Crippen molar-refractivity contribution >= 4 is 13.7 Å². The second-order valence-electron chi connectivity index (χ2n) is 22.1. The van der Waals surface area contributed by atoms with E-state index in [0.29, 0.717) is 23.9 Å². The minimum Gasteiger partial charge on any atom is -0.391 e. The largest absolute Gasteiger partial charge is 0.472 e. The highest BCUT2D eigenvalue weighted by Gasteiger charge is 2.28. The molecule has 0 aliphatic carbocycles. The molecule has 0 bridgehead atoms. The van der Waals surface area contributed by atoms with E-state index in [1.165, 1.54) is 250 Å². The minimum atomic E-state index is -4.31. The molecule has 0 rings (SSSR count). The van der Waals surface area contributed by atoms with Gasteiger partial charge in [-0.25, -0.2) is 4.57 Å². The normalized spacial score (nSPS) is 13.8. The second-order valence-corrected chi connectivity index (χ2v) is 23.5. The highest BCUT2D eigenvalue weighted by molar-refractivity contribution is 7.47. The number of unbranched alkanes of at least 4 members (excludes halogenated alkanes) is 43. The van der Waals surface area contributed by atoms with Gasteiger partial charge in [0, 0.05) is 6.42 Å². The van der Waals surface area contributed by atoms with Crippen LogP contribution in [0.3, 0.4) is 0 Å². The summed E-state index contributed by atoms with van der Waals surface area (Å²) in [5.41, 5.74) is 0. The van der Waals surface area contributed by atoms with Crippen LogP contribution >= 0.6 is 7.82 Å². The third kappa shape index (κ3) is 53.1. The summed E-state index contributed by atoms with van der Waals surface area (Å²) in [4.78, 5) is 23.3. The molecule has 3 N–H and O–H groups in total. The zero-order valence-corrected chi connectivity index (χ0v) is 46.8. The van der Waals surface area contributed by atoms with Gasteiger partial charge in [-0.05, 0) is 12.8 Å². The van der Waals surface area contributed by atoms with E-state index in [1.54, 1.807) is 0 Å². The zero-order chi connectivity index (χ0) is 49.2.